The molecule has 4 nitrogen and oxygen atoms in total. The molecule has 3 N–H and O–H groups in total. The fourth-order valence-corrected chi connectivity index (χ4v) is 1.27. The summed E-state index contributed by atoms with van der Waals surface area (Å²) in [6.07, 6.45) is 1.23. The van der Waals surface area contributed by atoms with Crippen LogP contribution in [0.2, 0.25) is 0 Å². The monoisotopic (exact) mass is 230 g/mol. The molecule has 0 fully saturated rings. The molecule has 0 aliphatic carbocycles. The van der Waals surface area contributed by atoms with Crippen molar-refractivity contribution in [3.63, 3.8) is 0 Å². The minimum atomic E-state index is -0.0978. The van der Waals surface area contributed by atoms with E-state index in [4.69, 9.17) is 22.7 Å². The highest BCUT2D eigenvalue weighted by Crippen LogP contribution is 2.02. The van der Waals surface area contributed by atoms with E-state index in [-0.39, 0.29) is 11.0 Å². The van der Waals surface area contributed by atoms with Gasteiger partial charge in [0.05, 0.1) is 6.61 Å². The number of thiocarbonyl (C=S) groups is 1. The summed E-state index contributed by atoms with van der Waals surface area (Å²) in [6.45, 7) is 5.88. The Labute approximate surface area is 95.9 Å². The lowest BCUT2D eigenvalue weighted by Crippen LogP contribution is -2.30. The SMILES string of the molecule is CCCC(=O)NC(C(=S)OCC)=C(C)N. The summed E-state index contributed by atoms with van der Waals surface area (Å²) in [5.41, 5.74) is 6.47. The molecule has 86 valence electrons. The zero-order valence-electron chi connectivity index (χ0n) is 9.42. The first-order chi connectivity index (χ1) is 7.02. The van der Waals surface area contributed by atoms with Crippen molar-refractivity contribution >= 4 is 23.2 Å². The highest BCUT2D eigenvalue weighted by atomic mass is 32.1. The van der Waals surface area contributed by atoms with Crippen molar-refractivity contribution < 1.29 is 9.53 Å². The molecule has 15 heavy (non-hydrogen) atoms. The minimum absolute atomic E-state index is 0.0978. The Balaban J connectivity index is 4.51. The Kier molecular flexibility index (Phi) is 6.70. The predicted octanol–water partition coefficient (Wildman–Crippen LogP) is 1.46. The number of carbonyl (C=O) groups is 1. The summed E-state index contributed by atoms with van der Waals surface area (Å²) in [5.74, 6) is -0.0978. The second-order valence-corrected chi connectivity index (χ2v) is 3.45. The van der Waals surface area contributed by atoms with Gasteiger partial charge in [-0.1, -0.05) is 6.92 Å². The number of carbonyl (C=O) groups excluding carboxylic acids is 1. The average Bonchev–Trinajstić information content (AvgIpc) is 2.14. The van der Waals surface area contributed by atoms with Crippen molar-refractivity contribution in [1.29, 1.82) is 0 Å². The number of amides is 1. The van der Waals surface area contributed by atoms with Crippen LogP contribution in [0.3, 0.4) is 0 Å². The van der Waals surface area contributed by atoms with E-state index in [1.165, 1.54) is 0 Å². The lowest BCUT2D eigenvalue weighted by atomic mass is 10.3. The zero-order valence-corrected chi connectivity index (χ0v) is 10.2. The van der Waals surface area contributed by atoms with Crippen LogP contribution in [0.4, 0.5) is 0 Å². The van der Waals surface area contributed by atoms with Gasteiger partial charge in [-0.05, 0) is 32.5 Å². The Bertz CT molecular complexity index is 271. The van der Waals surface area contributed by atoms with Crippen LogP contribution in [0.5, 0.6) is 0 Å². The van der Waals surface area contributed by atoms with E-state index in [1.54, 1.807) is 6.92 Å². The van der Waals surface area contributed by atoms with Crippen LogP contribution in [0, 0.1) is 0 Å². The molecule has 0 spiro atoms. The van der Waals surface area contributed by atoms with Crippen LogP contribution < -0.4 is 11.1 Å². The summed E-state index contributed by atoms with van der Waals surface area (Å²) < 4.78 is 5.12. The topological polar surface area (TPSA) is 64.3 Å². The first-order valence-corrected chi connectivity index (χ1v) is 5.37. The van der Waals surface area contributed by atoms with Gasteiger partial charge in [0.25, 0.3) is 0 Å². The van der Waals surface area contributed by atoms with Crippen LogP contribution in [0.25, 0.3) is 0 Å². The van der Waals surface area contributed by atoms with Gasteiger partial charge >= 0.3 is 0 Å². The van der Waals surface area contributed by atoms with E-state index < -0.39 is 0 Å². The van der Waals surface area contributed by atoms with Gasteiger partial charge in [-0.3, -0.25) is 4.79 Å². The van der Waals surface area contributed by atoms with Crippen molar-refractivity contribution in [1.82, 2.24) is 5.32 Å². The maximum Gasteiger partial charge on any atom is 0.224 e. The van der Waals surface area contributed by atoms with Gasteiger partial charge in [0.1, 0.15) is 5.70 Å². The third-order valence-electron chi connectivity index (χ3n) is 1.62. The maximum absolute atomic E-state index is 11.4. The van der Waals surface area contributed by atoms with Crippen LogP contribution in [0.1, 0.15) is 33.6 Å². The normalized spacial score (nSPS) is 11.7. The first-order valence-electron chi connectivity index (χ1n) is 4.96. The summed E-state index contributed by atoms with van der Waals surface area (Å²) in [4.78, 5) is 11.4. The van der Waals surface area contributed by atoms with Gasteiger partial charge in [0, 0.05) is 12.1 Å². The Morgan fingerprint density at radius 3 is 2.47 bits per heavy atom. The summed E-state index contributed by atoms with van der Waals surface area (Å²) in [7, 11) is 0. The van der Waals surface area contributed by atoms with Crippen molar-refractivity contribution in [3.05, 3.63) is 11.4 Å². The molecule has 0 saturated carbocycles. The van der Waals surface area contributed by atoms with E-state index in [2.05, 4.69) is 5.32 Å². The standard InChI is InChI=1S/C10H18N2O2S/c1-4-6-8(13)12-9(7(3)11)10(15)14-5-2/h4-6,11H2,1-3H3,(H,12,13). The zero-order chi connectivity index (χ0) is 11.8. The van der Waals surface area contributed by atoms with E-state index in [1.807, 2.05) is 13.8 Å². The molecule has 0 bridgehead atoms. The minimum Gasteiger partial charge on any atom is -0.482 e. The lowest BCUT2D eigenvalue weighted by molar-refractivity contribution is -0.120. The molecular weight excluding hydrogens is 212 g/mol. The molecule has 0 saturated heterocycles. The lowest BCUT2D eigenvalue weighted by Gasteiger charge is -2.12. The molecule has 0 unspecified atom stereocenters. The average molecular weight is 230 g/mol. The summed E-state index contributed by atoms with van der Waals surface area (Å²) in [6, 6.07) is 0. The smallest absolute Gasteiger partial charge is 0.224 e. The largest absolute Gasteiger partial charge is 0.482 e. The van der Waals surface area contributed by atoms with Crippen molar-refractivity contribution in [2.45, 2.75) is 33.6 Å². The number of hydrogen-bond donors (Lipinski definition) is 2. The molecule has 1 amide bonds. The van der Waals surface area contributed by atoms with Crippen LogP contribution in [-0.2, 0) is 9.53 Å². The van der Waals surface area contributed by atoms with E-state index in [0.29, 0.717) is 24.4 Å². The van der Waals surface area contributed by atoms with Gasteiger partial charge < -0.3 is 15.8 Å². The van der Waals surface area contributed by atoms with E-state index in [0.717, 1.165) is 6.42 Å². The van der Waals surface area contributed by atoms with Gasteiger partial charge in [-0.2, -0.15) is 0 Å². The van der Waals surface area contributed by atoms with Crippen molar-refractivity contribution in [2.24, 2.45) is 5.73 Å². The summed E-state index contributed by atoms with van der Waals surface area (Å²) >= 11 is 4.98. The molecule has 0 aromatic carbocycles. The Morgan fingerprint density at radius 1 is 1.47 bits per heavy atom. The van der Waals surface area contributed by atoms with Crippen molar-refractivity contribution in [3.8, 4) is 0 Å². The fraction of sp³-hybridized carbons (Fsp3) is 0.600. The van der Waals surface area contributed by atoms with E-state index >= 15 is 0 Å². The van der Waals surface area contributed by atoms with Gasteiger partial charge in [0.15, 0.2) is 0 Å². The molecule has 0 heterocycles. The van der Waals surface area contributed by atoms with Crippen LogP contribution in [-0.4, -0.2) is 17.6 Å². The molecule has 0 aromatic rings. The highest BCUT2D eigenvalue weighted by Gasteiger charge is 2.11. The fourth-order valence-electron chi connectivity index (χ4n) is 0.943. The number of nitrogens with one attached hydrogen (secondary N) is 1. The third kappa shape index (κ3) is 5.37. The van der Waals surface area contributed by atoms with Gasteiger partial charge in [0.2, 0.25) is 11.0 Å². The third-order valence-corrected chi connectivity index (χ3v) is 1.94. The van der Waals surface area contributed by atoms with E-state index in [9.17, 15) is 4.79 Å². The van der Waals surface area contributed by atoms with Crippen molar-refractivity contribution in [2.75, 3.05) is 6.61 Å². The maximum atomic E-state index is 11.4. The van der Waals surface area contributed by atoms with Gasteiger partial charge in [-0.25, -0.2) is 0 Å². The molecule has 0 radical (unpaired) electrons. The first kappa shape index (κ1) is 13.9. The molecule has 0 aliphatic heterocycles. The Hall–Kier alpha value is -1.10. The van der Waals surface area contributed by atoms with Gasteiger partial charge in [-0.15, -0.1) is 0 Å². The quantitative estimate of drug-likeness (QED) is 0.554. The molecule has 0 rings (SSSR count). The van der Waals surface area contributed by atoms with Crippen LogP contribution in [0.15, 0.2) is 11.4 Å². The number of hydrogen-bond acceptors (Lipinski definition) is 4. The molecular formula is C10H18N2O2S. The molecule has 0 atom stereocenters. The predicted molar refractivity (Wildman–Crippen MR) is 64.2 cm³/mol. The van der Waals surface area contributed by atoms with Crippen LogP contribution >= 0.6 is 12.2 Å². The Morgan fingerprint density at radius 2 is 2.07 bits per heavy atom. The second kappa shape index (κ2) is 7.23. The number of allylic oxidation sites excluding steroid dienone is 1. The number of rotatable bonds is 5. The highest BCUT2D eigenvalue weighted by molar-refractivity contribution is 7.80. The summed E-state index contributed by atoms with van der Waals surface area (Å²) in [5, 5.41) is 2.89. The molecule has 0 aliphatic rings. The second-order valence-electron chi connectivity index (χ2n) is 3.08. The number of nitrogens with two attached hydrogens (primary N) is 1. The molecule has 0 aromatic heterocycles. The number of ether oxygens (including phenoxy) is 1. The molecule has 5 heteroatoms.